The molecule has 12 heavy (non-hydrogen) atoms. The lowest BCUT2D eigenvalue weighted by molar-refractivity contribution is 0.154. The molecular weight excluding hydrogens is 148 g/mol. The number of hydrogen-bond donors (Lipinski definition) is 1. The van der Waals surface area contributed by atoms with Crippen molar-refractivity contribution in [1.29, 1.82) is 0 Å². The summed E-state index contributed by atoms with van der Waals surface area (Å²) in [6, 6.07) is 0. The number of hydrogen-bond acceptors (Lipinski definition) is 1. The van der Waals surface area contributed by atoms with E-state index in [-0.39, 0.29) is 6.10 Å². The second kappa shape index (κ2) is 4.86. The van der Waals surface area contributed by atoms with Crippen LogP contribution in [-0.4, -0.2) is 11.2 Å². The third kappa shape index (κ3) is 3.14. The van der Waals surface area contributed by atoms with E-state index >= 15 is 0 Å². The smallest absolute Gasteiger partial charge is 0.0537 e. The lowest BCUT2D eigenvalue weighted by Gasteiger charge is -2.05. The van der Waals surface area contributed by atoms with Gasteiger partial charge in [-0.25, -0.2) is 0 Å². The molecule has 0 amide bonds. The molecule has 0 saturated heterocycles. The monoisotopic (exact) mass is 170 g/mol. The fourth-order valence-corrected chi connectivity index (χ4v) is 2.00. The Labute approximate surface area is 76.2 Å². The summed E-state index contributed by atoms with van der Waals surface area (Å²) in [5, 5.41) is 9.35. The third-order valence-corrected chi connectivity index (χ3v) is 3.07. The van der Waals surface area contributed by atoms with E-state index in [0.717, 1.165) is 24.7 Å². The van der Waals surface area contributed by atoms with Crippen LogP contribution in [0.15, 0.2) is 0 Å². The largest absolute Gasteiger partial charge is 0.393 e. The van der Waals surface area contributed by atoms with Gasteiger partial charge in [0.2, 0.25) is 0 Å². The van der Waals surface area contributed by atoms with Crippen molar-refractivity contribution in [2.75, 3.05) is 0 Å². The van der Waals surface area contributed by atoms with Crippen LogP contribution in [0.1, 0.15) is 52.4 Å². The van der Waals surface area contributed by atoms with E-state index in [1.165, 1.54) is 25.7 Å². The van der Waals surface area contributed by atoms with Gasteiger partial charge in [-0.1, -0.05) is 26.7 Å². The van der Waals surface area contributed by atoms with E-state index in [1.54, 1.807) is 0 Å². The SMILES string of the molecule is CCCC1CC1CCC(O)CC. The van der Waals surface area contributed by atoms with Crippen LogP contribution in [0, 0.1) is 11.8 Å². The topological polar surface area (TPSA) is 20.2 Å². The average Bonchev–Trinajstić information content (AvgIpc) is 2.80. The van der Waals surface area contributed by atoms with Gasteiger partial charge < -0.3 is 5.11 Å². The molecule has 1 aliphatic carbocycles. The minimum atomic E-state index is -0.0344. The first-order chi connectivity index (χ1) is 5.77. The summed E-state index contributed by atoms with van der Waals surface area (Å²) < 4.78 is 0. The minimum Gasteiger partial charge on any atom is -0.393 e. The van der Waals surface area contributed by atoms with Gasteiger partial charge in [0.15, 0.2) is 0 Å². The van der Waals surface area contributed by atoms with Crippen LogP contribution < -0.4 is 0 Å². The van der Waals surface area contributed by atoms with Gasteiger partial charge in [0.1, 0.15) is 0 Å². The molecule has 3 atom stereocenters. The van der Waals surface area contributed by atoms with Crippen LogP contribution in [0.2, 0.25) is 0 Å². The van der Waals surface area contributed by atoms with Crippen LogP contribution in [0.25, 0.3) is 0 Å². The molecule has 1 fully saturated rings. The summed E-state index contributed by atoms with van der Waals surface area (Å²) in [6.45, 7) is 4.32. The zero-order chi connectivity index (χ0) is 8.97. The average molecular weight is 170 g/mol. The predicted octanol–water partition coefficient (Wildman–Crippen LogP) is 2.97. The molecule has 1 saturated carbocycles. The number of aliphatic hydroxyl groups is 1. The Balaban J connectivity index is 1.96. The van der Waals surface area contributed by atoms with Crippen LogP contribution in [0.5, 0.6) is 0 Å². The molecule has 1 N–H and O–H groups in total. The zero-order valence-corrected chi connectivity index (χ0v) is 8.42. The summed E-state index contributed by atoms with van der Waals surface area (Å²) in [6.07, 6.45) is 7.36. The molecule has 1 nitrogen and oxygen atoms in total. The first kappa shape index (κ1) is 10.0. The van der Waals surface area contributed by atoms with Crippen molar-refractivity contribution in [2.24, 2.45) is 11.8 Å². The fourth-order valence-electron chi connectivity index (χ4n) is 2.00. The lowest BCUT2D eigenvalue weighted by Crippen LogP contribution is -2.04. The van der Waals surface area contributed by atoms with Crippen LogP contribution in [0.3, 0.4) is 0 Å². The van der Waals surface area contributed by atoms with E-state index in [1.807, 2.05) is 0 Å². The predicted molar refractivity (Wildman–Crippen MR) is 52.0 cm³/mol. The van der Waals surface area contributed by atoms with Crippen molar-refractivity contribution in [1.82, 2.24) is 0 Å². The zero-order valence-electron chi connectivity index (χ0n) is 8.42. The first-order valence-electron chi connectivity index (χ1n) is 5.46. The van der Waals surface area contributed by atoms with Gasteiger partial charge in [-0.3, -0.25) is 0 Å². The lowest BCUT2D eigenvalue weighted by atomic mass is 10.1. The quantitative estimate of drug-likeness (QED) is 0.649. The van der Waals surface area contributed by atoms with Crippen molar-refractivity contribution in [3.63, 3.8) is 0 Å². The third-order valence-electron chi connectivity index (χ3n) is 3.07. The van der Waals surface area contributed by atoms with Crippen molar-refractivity contribution in [3.8, 4) is 0 Å². The number of rotatable bonds is 6. The second-order valence-corrected chi connectivity index (χ2v) is 4.18. The van der Waals surface area contributed by atoms with Crippen molar-refractivity contribution in [3.05, 3.63) is 0 Å². The Kier molecular flexibility index (Phi) is 4.07. The van der Waals surface area contributed by atoms with Crippen molar-refractivity contribution in [2.45, 2.75) is 58.5 Å². The molecular formula is C11H22O. The Morgan fingerprint density at radius 1 is 1.25 bits per heavy atom. The maximum atomic E-state index is 9.35. The molecule has 0 radical (unpaired) electrons. The van der Waals surface area contributed by atoms with Gasteiger partial charge in [0.05, 0.1) is 6.10 Å². The van der Waals surface area contributed by atoms with Crippen LogP contribution >= 0.6 is 0 Å². The van der Waals surface area contributed by atoms with E-state index < -0.39 is 0 Å². The molecule has 1 heteroatoms. The van der Waals surface area contributed by atoms with Crippen LogP contribution in [-0.2, 0) is 0 Å². The van der Waals surface area contributed by atoms with E-state index in [0.29, 0.717) is 0 Å². The van der Waals surface area contributed by atoms with Crippen molar-refractivity contribution >= 4 is 0 Å². The molecule has 0 aromatic carbocycles. The molecule has 72 valence electrons. The van der Waals surface area contributed by atoms with Gasteiger partial charge in [-0.15, -0.1) is 0 Å². The van der Waals surface area contributed by atoms with Gasteiger partial charge in [-0.2, -0.15) is 0 Å². The molecule has 3 unspecified atom stereocenters. The summed E-state index contributed by atoms with van der Waals surface area (Å²) in [5.41, 5.74) is 0. The highest BCUT2D eigenvalue weighted by Crippen LogP contribution is 2.45. The molecule has 0 aromatic heterocycles. The summed E-state index contributed by atoms with van der Waals surface area (Å²) in [4.78, 5) is 0. The van der Waals surface area contributed by atoms with Crippen LogP contribution in [0.4, 0.5) is 0 Å². The Morgan fingerprint density at radius 2 is 1.92 bits per heavy atom. The fraction of sp³-hybridized carbons (Fsp3) is 1.00. The minimum absolute atomic E-state index is 0.0344. The number of aliphatic hydroxyl groups excluding tert-OH is 1. The highest BCUT2D eigenvalue weighted by Gasteiger charge is 2.35. The highest BCUT2D eigenvalue weighted by atomic mass is 16.3. The highest BCUT2D eigenvalue weighted by molar-refractivity contribution is 4.85. The van der Waals surface area contributed by atoms with E-state index in [9.17, 15) is 5.11 Å². The maximum absolute atomic E-state index is 9.35. The molecule has 1 aliphatic rings. The Morgan fingerprint density at radius 3 is 2.50 bits per heavy atom. The molecule has 1 rings (SSSR count). The van der Waals surface area contributed by atoms with E-state index in [4.69, 9.17) is 0 Å². The maximum Gasteiger partial charge on any atom is 0.0537 e. The standard InChI is InChI=1S/C11H22O/c1-3-5-9-8-10(9)6-7-11(12)4-2/h9-12H,3-8H2,1-2H3. The van der Waals surface area contributed by atoms with Gasteiger partial charge >= 0.3 is 0 Å². The molecule has 0 bridgehead atoms. The summed E-state index contributed by atoms with van der Waals surface area (Å²) >= 11 is 0. The molecule has 0 spiro atoms. The second-order valence-electron chi connectivity index (χ2n) is 4.18. The summed E-state index contributed by atoms with van der Waals surface area (Å²) in [5.74, 6) is 1.98. The molecule has 0 aromatic rings. The van der Waals surface area contributed by atoms with Gasteiger partial charge in [0.25, 0.3) is 0 Å². The van der Waals surface area contributed by atoms with Gasteiger partial charge in [-0.05, 0) is 37.5 Å². The first-order valence-corrected chi connectivity index (χ1v) is 5.46. The normalized spacial score (nSPS) is 30.2. The summed E-state index contributed by atoms with van der Waals surface area (Å²) in [7, 11) is 0. The molecule has 0 heterocycles. The molecule has 0 aliphatic heterocycles. The Bertz CT molecular complexity index is 122. The van der Waals surface area contributed by atoms with E-state index in [2.05, 4.69) is 13.8 Å². The Hall–Kier alpha value is -0.0400. The van der Waals surface area contributed by atoms with Gasteiger partial charge in [0, 0.05) is 0 Å². The van der Waals surface area contributed by atoms with Crippen molar-refractivity contribution < 1.29 is 5.11 Å².